The minimum Gasteiger partial charge on any atom is -0.274 e. The quantitative estimate of drug-likeness (QED) is 0.590. The van der Waals surface area contributed by atoms with Gasteiger partial charge in [0, 0.05) is 6.20 Å². The zero-order chi connectivity index (χ0) is 6.53. The minimum atomic E-state index is 0.996. The number of hydrazone groups is 1. The summed E-state index contributed by atoms with van der Waals surface area (Å²) in [5.41, 5.74) is 3.70. The van der Waals surface area contributed by atoms with Gasteiger partial charge in [0.15, 0.2) is 0 Å². The van der Waals surface area contributed by atoms with Crippen LogP contribution in [0.1, 0.15) is 19.8 Å². The molecule has 0 unspecified atom stereocenters. The van der Waals surface area contributed by atoms with Crippen molar-refractivity contribution in [1.82, 2.24) is 5.43 Å². The van der Waals surface area contributed by atoms with E-state index in [1.807, 2.05) is 0 Å². The van der Waals surface area contributed by atoms with Crippen molar-refractivity contribution in [2.24, 2.45) is 10.1 Å². The Bertz CT molecular complexity index is 175. The highest BCUT2D eigenvalue weighted by Crippen LogP contribution is 2.04. The Morgan fingerprint density at radius 3 is 3.22 bits per heavy atom. The fourth-order valence-electron chi connectivity index (χ4n) is 0.641. The zero-order valence-electron chi connectivity index (χ0n) is 5.39. The van der Waals surface area contributed by atoms with E-state index in [9.17, 15) is 0 Å². The third-order valence-corrected chi connectivity index (χ3v) is 1.05. The van der Waals surface area contributed by atoms with Gasteiger partial charge in [0.1, 0.15) is 6.01 Å². The monoisotopic (exact) mass is 123 g/mol. The molecule has 0 aromatic heterocycles. The summed E-state index contributed by atoms with van der Waals surface area (Å²) < 4.78 is 0. The summed E-state index contributed by atoms with van der Waals surface area (Å²) in [5.74, 6) is 0. The van der Waals surface area contributed by atoms with Gasteiger partial charge in [0.05, 0.1) is 5.70 Å². The maximum Gasteiger partial charge on any atom is 0.120 e. The first-order valence-electron chi connectivity index (χ1n) is 3.03. The Labute approximate surface area is 54.2 Å². The van der Waals surface area contributed by atoms with Crippen molar-refractivity contribution < 1.29 is 0 Å². The molecule has 1 aliphatic heterocycles. The van der Waals surface area contributed by atoms with Crippen LogP contribution in [-0.4, -0.2) is 6.01 Å². The fraction of sp³-hybridized carbons (Fsp3) is 0.500. The average molecular weight is 123 g/mol. The van der Waals surface area contributed by atoms with E-state index in [0.29, 0.717) is 0 Å². The van der Waals surface area contributed by atoms with Crippen molar-refractivity contribution in [2.45, 2.75) is 19.8 Å². The van der Waals surface area contributed by atoms with Crippen LogP contribution in [0.4, 0.5) is 0 Å². The first-order valence-corrected chi connectivity index (χ1v) is 3.03. The van der Waals surface area contributed by atoms with Gasteiger partial charge >= 0.3 is 0 Å². The van der Waals surface area contributed by atoms with Gasteiger partial charge < -0.3 is 0 Å². The predicted molar refractivity (Wildman–Crippen MR) is 36.0 cm³/mol. The van der Waals surface area contributed by atoms with Crippen LogP contribution in [-0.2, 0) is 0 Å². The van der Waals surface area contributed by atoms with E-state index in [1.54, 1.807) is 6.20 Å². The molecule has 9 heavy (non-hydrogen) atoms. The molecular formula is C6H9N3. The summed E-state index contributed by atoms with van der Waals surface area (Å²) in [7, 11) is 0. The largest absolute Gasteiger partial charge is 0.274 e. The van der Waals surface area contributed by atoms with Crippen molar-refractivity contribution in [2.75, 3.05) is 0 Å². The Morgan fingerprint density at radius 2 is 2.67 bits per heavy atom. The number of allylic oxidation sites excluding steroid dienone is 1. The summed E-state index contributed by atoms with van der Waals surface area (Å²) in [5, 5.41) is 3.57. The topological polar surface area (TPSA) is 36.8 Å². The predicted octanol–water partition coefficient (Wildman–Crippen LogP) is 1.32. The molecule has 0 aliphatic carbocycles. The molecule has 3 nitrogen and oxygen atoms in total. The molecular weight excluding hydrogens is 114 g/mol. The van der Waals surface area contributed by atoms with E-state index in [1.165, 1.54) is 0 Å². The molecule has 0 amide bonds. The van der Waals surface area contributed by atoms with Gasteiger partial charge in [-0.2, -0.15) is 4.99 Å². The highest BCUT2D eigenvalue weighted by Gasteiger charge is 1.92. The summed E-state index contributed by atoms with van der Waals surface area (Å²) in [6.45, 7) is 2.11. The number of aliphatic imine (C=N–C) groups is 1. The van der Waals surface area contributed by atoms with E-state index in [2.05, 4.69) is 28.5 Å². The Hall–Kier alpha value is -1.08. The maximum absolute atomic E-state index is 3.90. The molecule has 0 atom stereocenters. The minimum absolute atomic E-state index is 0.996. The molecule has 0 fully saturated rings. The van der Waals surface area contributed by atoms with Crippen molar-refractivity contribution in [3.05, 3.63) is 11.9 Å². The van der Waals surface area contributed by atoms with E-state index in [0.717, 1.165) is 18.5 Å². The van der Waals surface area contributed by atoms with Crippen LogP contribution in [0.15, 0.2) is 22.0 Å². The molecule has 0 aromatic carbocycles. The summed E-state index contributed by atoms with van der Waals surface area (Å²) in [6.07, 6.45) is 3.90. The molecule has 3 heteroatoms. The molecule has 1 N–H and O–H groups in total. The van der Waals surface area contributed by atoms with Crippen LogP contribution in [0, 0.1) is 0 Å². The molecule has 0 radical (unpaired) electrons. The van der Waals surface area contributed by atoms with Crippen LogP contribution >= 0.6 is 0 Å². The summed E-state index contributed by atoms with van der Waals surface area (Å²) in [6, 6.07) is 2.49. The normalized spacial score (nSPS) is 15.0. The standard InChI is InChI=1S/C6H9N3/c1-2-3-6-4-8-9-5-7-6/h4,8H,2-3H2,1H3. The lowest BCUT2D eigenvalue weighted by Gasteiger charge is -1.98. The van der Waals surface area contributed by atoms with Crippen LogP contribution < -0.4 is 5.43 Å². The van der Waals surface area contributed by atoms with Gasteiger partial charge in [-0.15, -0.1) is 5.10 Å². The van der Waals surface area contributed by atoms with Crippen LogP contribution in [0.5, 0.6) is 0 Å². The second-order valence-corrected chi connectivity index (χ2v) is 1.84. The Kier molecular flexibility index (Phi) is 2.05. The van der Waals surface area contributed by atoms with Crippen LogP contribution in [0.2, 0.25) is 0 Å². The van der Waals surface area contributed by atoms with Crippen molar-refractivity contribution in [3.8, 4) is 0 Å². The number of nitrogens with zero attached hydrogens (tertiary/aromatic N) is 2. The van der Waals surface area contributed by atoms with Gasteiger partial charge in [0.25, 0.3) is 0 Å². The summed E-state index contributed by atoms with van der Waals surface area (Å²) >= 11 is 0. The summed E-state index contributed by atoms with van der Waals surface area (Å²) in [4.78, 5) is 3.90. The molecule has 0 aromatic rings. The van der Waals surface area contributed by atoms with Crippen molar-refractivity contribution >= 4 is 6.01 Å². The van der Waals surface area contributed by atoms with Gasteiger partial charge in [-0.05, 0) is 6.42 Å². The van der Waals surface area contributed by atoms with E-state index < -0.39 is 0 Å². The Balaban J connectivity index is 2.50. The highest BCUT2D eigenvalue weighted by atomic mass is 15.3. The van der Waals surface area contributed by atoms with E-state index >= 15 is 0 Å². The molecule has 1 heterocycles. The van der Waals surface area contributed by atoms with Gasteiger partial charge in [-0.25, -0.2) is 0 Å². The van der Waals surface area contributed by atoms with Gasteiger partial charge in [0.2, 0.25) is 0 Å². The number of hydrogen-bond acceptors (Lipinski definition) is 3. The van der Waals surface area contributed by atoms with Gasteiger partial charge in [-0.1, -0.05) is 13.3 Å². The first-order chi connectivity index (χ1) is 4.43. The molecule has 0 saturated carbocycles. The molecule has 0 spiro atoms. The maximum atomic E-state index is 3.90. The lowest BCUT2D eigenvalue weighted by molar-refractivity contribution is 0.845. The van der Waals surface area contributed by atoms with Crippen molar-refractivity contribution in [1.29, 1.82) is 0 Å². The molecule has 0 bridgehead atoms. The SMILES string of the molecule is CCCC1=CNN=C=N1. The number of rotatable bonds is 2. The van der Waals surface area contributed by atoms with E-state index in [-0.39, 0.29) is 0 Å². The third kappa shape index (κ3) is 1.70. The number of nitrogens with one attached hydrogen (secondary N) is 1. The average Bonchev–Trinajstić information content (AvgIpc) is 1.91. The smallest absolute Gasteiger partial charge is 0.120 e. The van der Waals surface area contributed by atoms with E-state index in [4.69, 9.17) is 0 Å². The first kappa shape index (κ1) is 6.05. The van der Waals surface area contributed by atoms with Crippen LogP contribution in [0.3, 0.4) is 0 Å². The second kappa shape index (κ2) is 3.05. The van der Waals surface area contributed by atoms with Gasteiger partial charge in [-0.3, -0.25) is 5.43 Å². The third-order valence-electron chi connectivity index (χ3n) is 1.05. The lowest BCUT2D eigenvalue weighted by atomic mass is 10.3. The van der Waals surface area contributed by atoms with Crippen molar-refractivity contribution in [3.63, 3.8) is 0 Å². The molecule has 0 saturated heterocycles. The highest BCUT2D eigenvalue weighted by molar-refractivity contribution is 5.45. The van der Waals surface area contributed by atoms with Crippen LogP contribution in [0.25, 0.3) is 0 Å². The number of hydrogen-bond donors (Lipinski definition) is 1. The zero-order valence-corrected chi connectivity index (χ0v) is 5.39. The molecule has 48 valence electrons. The lowest BCUT2D eigenvalue weighted by Crippen LogP contribution is -1.98. The Morgan fingerprint density at radius 1 is 1.78 bits per heavy atom. The molecule has 1 aliphatic rings. The molecule has 1 rings (SSSR count). The fourth-order valence-corrected chi connectivity index (χ4v) is 0.641. The second-order valence-electron chi connectivity index (χ2n) is 1.84.